The summed E-state index contributed by atoms with van der Waals surface area (Å²) >= 11 is 0. The maximum atomic E-state index is 8.41. The van der Waals surface area contributed by atoms with E-state index in [1.807, 2.05) is 12.4 Å². The molecule has 0 spiro atoms. The molecule has 0 saturated heterocycles. The Kier molecular flexibility index (Phi) is 10.6. The molecule has 0 fully saturated rings. The van der Waals surface area contributed by atoms with E-state index >= 15 is 0 Å². The minimum absolute atomic E-state index is 0.120. The van der Waals surface area contributed by atoms with E-state index in [1.165, 1.54) is 0 Å². The Balaban J connectivity index is 3.07. The monoisotopic (exact) mass is 186 g/mol. The number of aliphatic hydroxyl groups is 2. The molecule has 0 saturated carbocycles. The lowest BCUT2D eigenvalue weighted by molar-refractivity contribution is 0.306. The Morgan fingerprint density at radius 2 is 1.31 bits per heavy atom. The summed E-state index contributed by atoms with van der Waals surface area (Å²) in [7, 11) is 0. The molecule has 13 heavy (non-hydrogen) atoms. The lowest BCUT2D eigenvalue weighted by Gasteiger charge is -1.90. The van der Waals surface area contributed by atoms with Crippen molar-refractivity contribution in [2.24, 2.45) is 9.98 Å². The summed E-state index contributed by atoms with van der Waals surface area (Å²) in [6.45, 7) is 1.24. The first-order chi connectivity index (χ1) is 6.41. The first kappa shape index (κ1) is 12.3. The van der Waals surface area contributed by atoms with E-state index in [0.717, 1.165) is 19.3 Å². The first-order valence-electron chi connectivity index (χ1n) is 4.60. The van der Waals surface area contributed by atoms with Crippen LogP contribution < -0.4 is 0 Å². The van der Waals surface area contributed by atoms with Gasteiger partial charge < -0.3 is 10.2 Å². The zero-order valence-electron chi connectivity index (χ0n) is 7.89. The van der Waals surface area contributed by atoms with E-state index in [0.29, 0.717) is 13.1 Å². The number of hydrogen-bond acceptors (Lipinski definition) is 4. The highest BCUT2D eigenvalue weighted by molar-refractivity contribution is 5.60. The number of hydrogen-bond donors (Lipinski definition) is 2. The molecule has 0 aliphatic rings. The third-order valence-electron chi connectivity index (χ3n) is 1.38. The van der Waals surface area contributed by atoms with Gasteiger partial charge in [0.15, 0.2) is 0 Å². The van der Waals surface area contributed by atoms with Crippen LogP contribution in [0.25, 0.3) is 0 Å². The molecule has 0 aliphatic heterocycles. The van der Waals surface area contributed by atoms with E-state index < -0.39 is 0 Å². The molecule has 0 rings (SSSR count). The van der Waals surface area contributed by atoms with Crippen LogP contribution in [0.1, 0.15) is 19.3 Å². The largest absolute Gasteiger partial charge is 0.394 e. The van der Waals surface area contributed by atoms with Gasteiger partial charge in [-0.3, -0.25) is 9.98 Å². The van der Waals surface area contributed by atoms with Gasteiger partial charge in [-0.2, -0.15) is 0 Å². The second kappa shape index (κ2) is 11.3. The standard InChI is InChI=1S/C9H18N2O2/c12-8-6-10-4-2-1-3-5-11-7-9-13/h4-5,12-13H,1-3,6-9H2/b10-4+,11-5+. The molecule has 2 N–H and O–H groups in total. The van der Waals surface area contributed by atoms with Crippen LogP contribution in [0.2, 0.25) is 0 Å². The van der Waals surface area contributed by atoms with Gasteiger partial charge >= 0.3 is 0 Å². The summed E-state index contributed by atoms with van der Waals surface area (Å²) in [5.74, 6) is 0. The smallest absolute Gasteiger partial charge is 0.0626 e. The molecule has 0 unspecified atom stereocenters. The fourth-order valence-corrected chi connectivity index (χ4v) is 0.781. The van der Waals surface area contributed by atoms with Crippen LogP contribution in [0.4, 0.5) is 0 Å². The lowest BCUT2D eigenvalue weighted by atomic mass is 10.2. The number of rotatable bonds is 8. The van der Waals surface area contributed by atoms with Gasteiger partial charge in [0, 0.05) is 0 Å². The van der Waals surface area contributed by atoms with Gasteiger partial charge in [-0.15, -0.1) is 0 Å². The van der Waals surface area contributed by atoms with Gasteiger partial charge in [0.2, 0.25) is 0 Å². The second-order valence-corrected chi connectivity index (χ2v) is 2.56. The van der Waals surface area contributed by atoms with Crippen molar-refractivity contribution in [3.8, 4) is 0 Å². The molecule has 0 aromatic rings. The minimum Gasteiger partial charge on any atom is -0.394 e. The van der Waals surface area contributed by atoms with Gasteiger partial charge in [-0.25, -0.2) is 0 Å². The number of unbranched alkanes of at least 4 members (excludes halogenated alkanes) is 2. The second-order valence-electron chi connectivity index (χ2n) is 2.56. The van der Waals surface area contributed by atoms with Crippen molar-refractivity contribution in [3.63, 3.8) is 0 Å². The highest BCUT2D eigenvalue weighted by Crippen LogP contribution is 1.89. The molecule has 0 radical (unpaired) electrons. The quantitative estimate of drug-likeness (QED) is 0.422. The van der Waals surface area contributed by atoms with Crippen molar-refractivity contribution in [1.29, 1.82) is 0 Å². The van der Waals surface area contributed by atoms with E-state index in [-0.39, 0.29) is 13.2 Å². The number of aliphatic hydroxyl groups excluding tert-OH is 2. The van der Waals surface area contributed by atoms with Gasteiger partial charge in [0.25, 0.3) is 0 Å². The molecule has 0 atom stereocenters. The summed E-state index contributed by atoms with van der Waals surface area (Å²) in [4.78, 5) is 7.93. The number of nitrogens with zero attached hydrogens (tertiary/aromatic N) is 2. The van der Waals surface area contributed by atoms with Gasteiger partial charge in [0.1, 0.15) is 0 Å². The van der Waals surface area contributed by atoms with E-state index in [2.05, 4.69) is 9.98 Å². The summed E-state index contributed by atoms with van der Waals surface area (Å²) < 4.78 is 0. The summed E-state index contributed by atoms with van der Waals surface area (Å²) in [6, 6.07) is 0. The van der Waals surface area contributed by atoms with Crippen molar-refractivity contribution in [3.05, 3.63) is 0 Å². The van der Waals surface area contributed by atoms with Crippen molar-refractivity contribution in [2.75, 3.05) is 26.3 Å². The maximum Gasteiger partial charge on any atom is 0.0626 e. The third-order valence-corrected chi connectivity index (χ3v) is 1.38. The molecule has 0 aliphatic carbocycles. The predicted octanol–water partition coefficient (Wildman–Crippen LogP) is 0.283. The topological polar surface area (TPSA) is 65.2 Å². The van der Waals surface area contributed by atoms with Crippen LogP contribution in [0, 0.1) is 0 Å². The van der Waals surface area contributed by atoms with Gasteiger partial charge in [0.05, 0.1) is 26.3 Å². The minimum atomic E-state index is 0.120. The van der Waals surface area contributed by atoms with Gasteiger partial charge in [-0.05, 0) is 31.7 Å². The molecule has 76 valence electrons. The first-order valence-corrected chi connectivity index (χ1v) is 4.60. The fraction of sp³-hybridized carbons (Fsp3) is 0.778. The molecule has 0 amide bonds. The molecule has 0 heterocycles. The molecule has 0 bridgehead atoms. The highest BCUT2D eigenvalue weighted by Gasteiger charge is 1.82. The fourth-order valence-electron chi connectivity index (χ4n) is 0.781. The average molecular weight is 186 g/mol. The zero-order chi connectivity index (χ0) is 9.78. The third kappa shape index (κ3) is 11.3. The van der Waals surface area contributed by atoms with Crippen LogP contribution in [-0.4, -0.2) is 48.9 Å². The summed E-state index contributed by atoms with van der Waals surface area (Å²) in [6.07, 6.45) is 6.52. The van der Waals surface area contributed by atoms with Crippen LogP contribution in [0.3, 0.4) is 0 Å². The van der Waals surface area contributed by atoms with Crippen LogP contribution >= 0.6 is 0 Å². The van der Waals surface area contributed by atoms with Crippen LogP contribution in [0.15, 0.2) is 9.98 Å². The lowest BCUT2D eigenvalue weighted by Crippen LogP contribution is -1.89. The number of aliphatic imine (C=N–C) groups is 2. The van der Waals surface area contributed by atoms with Gasteiger partial charge in [-0.1, -0.05) is 0 Å². The Bertz CT molecular complexity index is 131. The van der Waals surface area contributed by atoms with Crippen LogP contribution in [0.5, 0.6) is 0 Å². The molecular formula is C9H18N2O2. The zero-order valence-corrected chi connectivity index (χ0v) is 7.89. The average Bonchev–Trinajstić information content (AvgIpc) is 2.16. The van der Waals surface area contributed by atoms with E-state index in [1.54, 1.807) is 0 Å². The Morgan fingerprint density at radius 1 is 0.846 bits per heavy atom. The predicted molar refractivity (Wildman–Crippen MR) is 54.7 cm³/mol. The molecule has 4 nitrogen and oxygen atoms in total. The Morgan fingerprint density at radius 3 is 1.69 bits per heavy atom. The van der Waals surface area contributed by atoms with Crippen LogP contribution in [-0.2, 0) is 0 Å². The van der Waals surface area contributed by atoms with Crippen molar-refractivity contribution >= 4 is 12.4 Å². The molecule has 0 aromatic carbocycles. The normalized spacial score (nSPS) is 11.8. The van der Waals surface area contributed by atoms with E-state index in [4.69, 9.17) is 10.2 Å². The maximum absolute atomic E-state index is 8.41. The summed E-state index contributed by atoms with van der Waals surface area (Å²) in [5, 5.41) is 16.8. The highest BCUT2D eigenvalue weighted by atomic mass is 16.3. The molecule has 4 heteroatoms. The van der Waals surface area contributed by atoms with Crippen molar-refractivity contribution in [1.82, 2.24) is 0 Å². The molecular weight excluding hydrogens is 168 g/mol. The van der Waals surface area contributed by atoms with Crippen molar-refractivity contribution in [2.45, 2.75) is 19.3 Å². The molecule has 0 aromatic heterocycles. The Hall–Kier alpha value is -0.740. The SMILES string of the molecule is OCC/N=C/CCC/C=N/CCO. The van der Waals surface area contributed by atoms with E-state index in [9.17, 15) is 0 Å². The summed E-state index contributed by atoms with van der Waals surface area (Å²) in [5.41, 5.74) is 0. The van der Waals surface area contributed by atoms with Crippen molar-refractivity contribution < 1.29 is 10.2 Å². The Labute approximate surface area is 79.0 Å².